The fourth-order valence-corrected chi connectivity index (χ4v) is 2.26. The van der Waals surface area contributed by atoms with Crippen molar-refractivity contribution in [2.24, 2.45) is 0 Å². The molecule has 0 saturated carbocycles. The predicted octanol–water partition coefficient (Wildman–Crippen LogP) is 3.70. The van der Waals surface area contributed by atoms with Gasteiger partial charge < -0.3 is 10.1 Å². The molecular formula is C17H26N2O4. The number of carbonyl (C=O) groups is 1. The van der Waals surface area contributed by atoms with E-state index in [1.54, 1.807) is 0 Å². The maximum Gasteiger partial charge on any atom is 0.338 e. The van der Waals surface area contributed by atoms with Gasteiger partial charge >= 0.3 is 5.97 Å². The minimum absolute atomic E-state index is 0.113. The normalized spacial score (nSPS) is 11.9. The second kappa shape index (κ2) is 10.7. The summed E-state index contributed by atoms with van der Waals surface area (Å²) < 4.78 is 5.13. The van der Waals surface area contributed by atoms with Crippen molar-refractivity contribution in [1.82, 2.24) is 5.32 Å². The summed E-state index contributed by atoms with van der Waals surface area (Å²) >= 11 is 0. The zero-order chi connectivity index (χ0) is 17.1. The number of benzene rings is 1. The number of carbonyl (C=O) groups excluding carboxylic acids is 1. The average Bonchev–Trinajstić information content (AvgIpc) is 2.55. The number of nitrogens with one attached hydrogen (secondary N) is 1. The van der Waals surface area contributed by atoms with Crippen LogP contribution in [0.2, 0.25) is 0 Å². The SMILES string of the molecule is CCCCCC[C@@H](C)NCCOC(=O)c1cccc([N+](=O)[O-])c1. The van der Waals surface area contributed by atoms with E-state index in [0.29, 0.717) is 12.6 Å². The fourth-order valence-electron chi connectivity index (χ4n) is 2.26. The van der Waals surface area contributed by atoms with Crippen molar-refractivity contribution in [3.63, 3.8) is 0 Å². The monoisotopic (exact) mass is 322 g/mol. The molecule has 1 rings (SSSR count). The minimum Gasteiger partial charge on any atom is -0.461 e. The first-order valence-corrected chi connectivity index (χ1v) is 8.19. The van der Waals surface area contributed by atoms with Gasteiger partial charge in [0.15, 0.2) is 0 Å². The molecule has 0 radical (unpaired) electrons. The number of ether oxygens (including phenoxy) is 1. The molecular weight excluding hydrogens is 296 g/mol. The summed E-state index contributed by atoms with van der Waals surface area (Å²) in [6.45, 7) is 5.14. The Balaban J connectivity index is 2.24. The first-order valence-electron chi connectivity index (χ1n) is 8.19. The number of nitro groups is 1. The first-order chi connectivity index (χ1) is 11.0. The summed E-state index contributed by atoms with van der Waals surface area (Å²) in [4.78, 5) is 22.0. The van der Waals surface area contributed by atoms with Gasteiger partial charge in [-0.15, -0.1) is 0 Å². The van der Waals surface area contributed by atoms with Gasteiger partial charge in [-0.05, 0) is 19.4 Å². The van der Waals surface area contributed by atoms with Crippen molar-refractivity contribution in [2.45, 2.75) is 52.0 Å². The van der Waals surface area contributed by atoms with E-state index in [1.165, 1.54) is 49.9 Å². The fraction of sp³-hybridized carbons (Fsp3) is 0.588. The van der Waals surface area contributed by atoms with E-state index in [-0.39, 0.29) is 17.9 Å². The standard InChI is InChI=1S/C17H26N2O4/c1-3-4-5-6-8-14(2)18-11-12-23-17(20)15-9-7-10-16(13-15)19(21)22/h7,9-10,13-14,18H,3-6,8,11-12H2,1-2H3/t14-/m1/s1. The van der Waals surface area contributed by atoms with Crippen LogP contribution in [0.1, 0.15) is 56.3 Å². The molecule has 1 atom stereocenters. The van der Waals surface area contributed by atoms with Crippen molar-refractivity contribution in [3.8, 4) is 0 Å². The lowest BCUT2D eigenvalue weighted by molar-refractivity contribution is -0.384. The Kier molecular flexibility index (Phi) is 8.90. The smallest absolute Gasteiger partial charge is 0.338 e. The second-order valence-corrected chi connectivity index (χ2v) is 5.65. The van der Waals surface area contributed by atoms with Crippen LogP contribution in [0.3, 0.4) is 0 Å². The van der Waals surface area contributed by atoms with Gasteiger partial charge in [-0.2, -0.15) is 0 Å². The molecule has 0 heterocycles. The van der Waals surface area contributed by atoms with E-state index in [1.807, 2.05) is 0 Å². The number of rotatable bonds is 11. The number of unbranched alkanes of at least 4 members (excludes halogenated alkanes) is 3. The predicted molar refractivity (Wildman–Crippen MR) is 89.6 cm³/mol. The Hall–Kier alpha value is -1.95. The Labute approximate surface area is 137 Å². The van der Waals surface area contributed by atoms with Gasteiger partial charge in [-0.1, -0.05) is 38.7 Å². The van der Waals surface area contributed by atoms with Crippen LogP contribution >= 0.6 is 0 Å². The third-order valence-corrected chi connectivity index (χ3v) is 3.61. The molecule has 0 aromatic heterocycles. The van der Waals surface area contributed by atoms with Crippen LogP contribution < -0.4 is 5.32 Å². The zero-order valence-electron chi connectivity index (χ0n) is 13.9. The summed E-state index contributed by atoms with van der Waals surface area (Å²) in [5.74, 6) is -0.536. The third-order valence-electron chi connectivity index (χ3n) is 3.61. The summed E-state index contributed by atoms with van der Waals surface area (Å²) in [5.41, 5.74) is 0.0880. The van der Waals surface area contributed by atoms with Crippen LogP contribution in [0.15, 0.2) is 24.3 Å². The highest BCUT2D eigenvalue weighted by molar-refractivity contribution is 5.90. The van der Waals surface area contributed by atoms with Gasteiger partial charge in [0.1, 0.15) is 6.61 Å². The number of esters is 1. The van der Waals surface area contributed by atoms with E-state index in [9.17, 15) is 14.9 Å². The highest BCUT2D eigenvalue weighted by Crippen LogP contribution is 2.13. The Morgan fingerprint density at radius 3 is 2.83 bits per heavy atom. The highest BCUT2D eigenvalue weighted by atomic mass is 16.6. The maximum absolute atomic E-state index is 11.8. The van der Waals surface area contributed by atoms with E-state index in [0.717, 1.165) is 6.42 Å². The molecule has 0 aliphatic heterocycles. The quantitative estimate of drug-likeness (QED) is 0.291. The highest BCUT2D eigenvalue weighted by Gasteiger charge is 2.12. The molecule has 1 aromatic carbocycles. The van der Waals surface area contributed by atoms with Gasteiger partial charge in [0.05, 0.1) is 10.5 Å². The van der Waals surface area contributed by atoms with Crippen LogP contribution in [0, 0.1) is 10.1 Å². The van der Waals surface area contributed by atoms with E-state index >= 15 is 0 Å². The lowest BCUT2D eigenvalue weighted by atomic mass is 10.1. The molecule has 6 nitrogen and oxygen atoms in total. The van der Waals surface area contributed by atoms with E-state index in [2.05, 4.69) is 19.2 Å². The van der Waals surface area contributed by atoms with Crippen LogP contribution in [0.4, 0.5) is 5.69 Å². The average molecular weight is 322 g/mol. The van der Waals surface area contributed by atoms with Gasteiger partial charge in [-0.25, -0.2) is 4.79 Å². The molecule has 0 fully saturated rings. The summed E-state index contributed by atoms with van der Waals surface area (Å²) in [5, 5.41) is 14.0. The summed E-state index contributed by atoms with van der Waals surface area (Å²) in [7, 11) is 0. The lowest BCUT2D eigenvalue weighted by Crippen LogP contribution is -2.30. The van der Waals surface area contributed by atoms with Crippen LogP contribution in [0.5, 0.6) is 0 Å². The second-order valence-electron chi connectivity index (χ2n) is 5.65. The number of nitro benzene ring substituents is 1. The van der Waals surface area contributed by atoms with Gasteiger partial charge in [0, 0.05) is 24.7 Å². The lowest BCUT2D eigenvalue weighted by Gasteiger charge is -2.13. The van der Waals surface area contributed by atoms with Crippen LogP contribution in [-0.4, -0.2) is 30.1 Å². The number of non-ortho nitro benzene ring substituents is 1. The summed E-state index contributed by atoms with van der Waals surface area (Å²) in [6, 6.07) is 5.96. The molecule has 6 heteroatoms. The number of hydrogen-bond donors (Lipinski definition) is 1. The van der Waals surface area contributed by atoms with Gasteiger partial charge in [-0.3, -0.25) is 10.1 Å². The van der Waals surface area contributed by atoms with E-state index < -0.39 is 10.9 Å². The van der Waals surface area contributed by atoms with Crippen molar-refractivity contribution in [3.05, 3.63) is 39.9 Å². The molecule has 0 aliphatic carbocycles. The molecule has 0 spiro atoms. The van der Waals surface area contributed by atoms with Gasteiger partial charge in [0.25, 0.3) is 5.69 Å². The maximum atomic E-state index is 11.8. The Morgan fingerprint density at radius 1 is 1.35 bits per heavy atom. The summed E-state index contributed by atoms with van der Waals surface area (Å²) in [6.07, 6.45) is 6.07. The molecule has 0 aliphatic rings. The van der Waals surface area contributed by atoms with Gasteiger partial charge in [0.2, 0.25) is 0 Å². The third kappa shape index (κ3) is 7.74. The minimum atomic E-state index is -0.536. The van der Waals surface area contributed by atoms with Crippen molar-refractivity contribution in [1.29, 1.82) is 0 Å². The number of nitrogens with zero attached hydrogens (tertiary/aromatic N) is 1. The topological polar surface area (TPSA) is 81.5 Å². The van der Waals surface area contributed by atoms with E-state index in [4.69, 9.17) is 4.74 Å². The molecule has 0 bridgehead atoms. The molecule has 1 aromatic rings. The molecule has 1 N–H and O–H groups in total. The first kappa shape index (κ1) is 19.1. The van der Waals surface area contributed by atoms with Crippen molar-refractivity contribution >= 4 is 11.7 Å². The molecule has 0 amide bonds. The van der Waals surface area contributed by atoms with Crippen molar-refractivity contribution < 1.29 is 14.5 Å². The van der Waals surface area contributed by atoms with Crippen LogP contribution in [-0.2, 0) is 4.74 Å². The molecule has 0 unspecified atom stereocenters. The van der Waals surface area contributed by atoms with Crippen LogP contribution in [0.25, 0.3) is 0 Å². The van der Waals surface area contributed by atoms with Crippen molar-refractivity contribution in [2.75, 3.05) is 13.2 Å². The zero-order valence-corrected chi connectivity index (χ0v) is 13.9. The Morgan fingerprint density at radius 2 is 2.13 bits per heavy atom. The molecule has 0 saturated heterocycles. The number of hydrogen-bond acceptors (Lipinski definition) is 5. The largest absolute Gasteiger partial charge is 0.461 e. The molecule has 23 heavy (non-hydrogen) atoms. The molecule has 128 valence electrons. The Bertz CT molecular complexity index is 505.